The summed E-state index contributed by atoms with van der Waals surface area (Å²) in [7, 11) is 0. The van der Waals surface area contributed by atoms with E-state index in [1.54, 1.807) is 0 Å². The second kappa shape index (κ2) is 7.44. The Hall–Kier alpha value is -1.35. The Labute approximate surface area is 122 Å². The Bertz CT molecular complexity index is 419. The fourth-order valence-corrected chi connectivity index (χ4v) is 2.60. The molecule has 1 atom stereocenters. The number of carbonyl (C=O) groups excluding carboxylic acids is 1. The maximum absolute atomic E-state index is 11.8. The summed E-state index contributed by atoms with van der Waals surface area (Å²) in [5, 5.41) is 6.27. The van der Waals surface area contributed by atoms with E-state index >= 15 is 0 Å². The summed E-state index contributed by atoms with van der Waals surface area (Å²) in [6.45, 7) is 7.01. The summed E-state index contributed by atoms with van der Waals surface area (Å²) in [4.78, 5) is 11.8. The van der Waals surface area contributed by atoms with Crippen LogP contribution in [-0.2, 0) is 11.2 Å². The van der Waals surface area contributed by atoms with E-state index in [0.29, 0.717) is 5.92 Å². The highest BCUT2D eigenvalue weighted by molar-refractivity contribution is 5.79. The van der Waals surface area contributed by atoms with Gasteiger partial charge in [-0.2, -0.15) is 0 Å². The van der Waals surface area contributed by atoms with Crippen LogP contribution in [-0.4, -0.2) is 25.5 Å². The molecule has 3 nitrogen and oxygen atoms in total. The molecule has 1 saturated heterocycles. The minimum atomic E-state index is 0.181. The van der Waals surface area contributed by atoms with Crippen LogP contribution in [0.1, 0.15) is 43.7 Å². The molecule has 1 aromatic carbocycles. The van der Waals surface area contributed by atoms with Crippen molar-refractivity contribution in [1.82, 2.24) is 10.6 Å². The van der Waals surface area contributed by atoms with Gasteiger partial charge in [0.1, 0.15) is 0 Å². The lowest BCUT2D eigenvalue weighted by Crippen LogP contribution is -2.32. The van der Waals surface area contributed by atoms with E-state index in [9.17, 15) is 4.79 Å². The van der Waals surface area contributed by atoms with E-state index in [1.807, 2.05) is 0 Å². The highest BCUT2D eigenvalue weighted by atomic mass is 16.1. The molecule has 2 rings (SSSR count). The fourth-order valence-electron chi connectivity index (χ4n) is 2.60. The summed E-state index contributed by atoms with van der Waals surface area (Å²) in [5.74, 6) is 0.980. The molecule has 0 bridgehead atoms. The van der Waals surface area contributed by atoms with Gasteiger partial charge in [-0.3, -0.25) is 4.79 Å². The van der Waals surface area contributed by atoms with Gasteiger partial charge in [-0.15, -0.1) is 0 Å². The third-order valence-electron chi connectivity index (χ3n) is 4.02. The van der Waals surface area contributed by atoms with Crippen LogP contribution >= 0.6 is 0 Å². The first-order chi connectivity index (χ1) is 9.66. The van der Waals surface area contributed by atoms with Crippen molar-refractivity contribution in [3.63, 3.8) is 0 Å². The molecule has 1 fully saturated rings. The van der Waals surface area contributed by atoms with Crippen molar-refractivity contribution in [1.29, 1.82) is 0 Å². The number of nitrogens with one attached hydrogen (secondary N) is 2. The first-order valence-electron chi connectivity index (χ1n) is 7.74. The lowest BCUT2D eigenvalue weighted by atomic mass is 10.0. The van der Waals surface area contributed by atoms with Gasteiger partial charge in [-0.1, -0.05) is 38.1 Å². The molecule has 0 spiro atoms. The van der Waals surface area contributed by atoms with Gasteiger partial charge in [0.2, 0.25) is 5.91 Å². The second-order valence-corrected chi connectivity index (χ2v) is 5.98. The minimum Gasteiger partial charge on any atom is -0.356 e. The molecule has 110 valence electrons. The molecule has 2 N–H and O–H groups in total. The van der Waals surface area contributed by atoms with Gasteiger partial charge in [0.15, 0.2) is 0 Å². The van der Waals surface area contributed by atoms with Crippen LogP contribution in [0.15, 0.2) is 24.3 Å². The SMILES string of the molecule is CC(C)c1ccc(CCCNC(=O)C2CCNC2)cc1. The molecule has 0 saturated carbocycles. The molecule has 1 unspecified atom stereocenters. The number of amides is 1. The lowest BCUT2D eigenvalue weighted by molar-refractivity contribution is -0.124. The average molecular weight is 274 g/mol. The number of hydrogen-bond acceptors (Lipinski definition) is 2. The topological polar surface area (TPSA) is 41.1 Å². The van der Waals surface area contributed by atoms with E-state index in [0.717, 1.165) is 38.9 Å². The van der Waals surface area contributed by atoms with Gasteiger partial charge < -0.3 is 10.6 Å². The first kappa shape index (κ1) is 15.0. The van der Waals surface area contributed by atoms with Crippen molar-refractivity contribution in [2.75, 3.05) is 19.6 Å². The fraction of sp³-hybridized carbons (Fsp3) is 0.588. The largest absolute Gasteiger partial charge is 0.356 e. The third-order valence-corrected chi connectivity index (χ3v) is 4.02. The zero-order chi connectivity index (χ0) is 14.4. The van der Waals surface area contributed by atoms with Gasteiger partial charge in [0.05, 0.1) is 5.92 Å². The van der Waals surface area contributed by atoms with Crippen LogP contribution in [0.25, 0.3) is 0 Å². The van der Waals surface area contributed by atoms with E-state index < -0.39 is 0 Å². The Kier molecular flexibility index (Phi) is 5.60. The standard InChI is InChI=1S/C17H26N2O/c1-13(2)15-7-5-14(6-8-15)4-3-10-19-17(20)16-9-11-18-12-16/h5-8,13,16,18H,3-4,9-12H2,1-2H3,(H,19,20). The summed E-state index contributed by atoms with van der Waals surface area (Å²) in [6, 6.07) is 8.83. The Morgan fingerprint density at radius 3 is 2.70 bits per heavy atom. The lowest BCUT2D eigenvalue weighted by Gasteiger charge is -2.10. The summed E-state index contributed by atoms with van der Waals surface area (Å²) < 4.78 is 0. The average Bonchev–Trinajstić information content (AvgIpc) is 2.98. The summed E-state index contributed by atoms with van der Waals surface area (Å²) >= 11 is 0. The normalized spacial score (nSPS) is 18.4. The van der Waals surface area contributed by atoms with Gasteiger partial charge in [-0.25, -0.2) is 0 Å². The van der Waals surface area contributed by atoms with E-state index in [4.69, 9.17) is 0 Å². The Morgan fingerprint density at radius 1 is 1.35 bits per heavy atom. The van der Waals surface area contributed by atoms with Crippen molar-refractivity contribution in [2.45, 2.75) is 39.0 Å². The predicted octanol–water partition coefficient (Wildman–Crippen LogP) is 2.47. The maximum atomic E-state index is 11.8. The van der Waals surface area contributed by atoms with Crippen LogP contribution in [0, 0.1) is 5.92 Å². The summed E-state index contributed by atoms with van der Waals surface area (Å²) in [6.07, 6.45) is 3.01. The molecule has 0 aliphatic carbocycles. The van der Waals surface area contributed by atoms with Gasteiger partial charge in [0.25, 0.3) is 0 Å². The number of hydrogen-bond donors (Lipinski definition) is 2. The quantitative estimate of drug-likeness (QED) is 0.782. The predicted molar refractivity (Wildman–Crippen MR) is 82.8 cm³/mol. The van der Waals surface area contributed by atoms with Crippen molar-refractivity contribution in [3.05, 3.63) is 35.4 Å². The maximum Gasteiger partial charge on any atom is 0.224 e. The molecule has 1 heterocycles. The molecule has 1 aliphatic rings. The van der Waals surface area contributed by atoms with Crippen molar-refractivity contribution in [2.24, 2.45) is 5.92 Å². The van der Waals surface area contributed by atoms with E-state index in [1.165, 1.54) is 11.1 Å². The zero-order valence-electron chi connectivity index (χ0n) is 12.6. The van der Waals surface area contributed by atoms with Gasteiger partial charge in [0, 0.05) is 13.1 Å². The van der Waals surface area contributed by atoms with Crippen molar-refractivity contribution < 1.29 is 4.79 Å². The van der Waals surface area contributed by atoms with Crippen LogP contribution < -0.4 is 10.6 Å². The molecular weight excluding hydrogens is 248 g/mol. The molecule has 1 aromatic rings. The third kappa shape index (κ3) is 4.34. The molecule has 0 radical (unpaired) electrons. The number of rotatable bonds is 6. The molecule has 3 heteroatoms. The minimum absolute atomic E-state index is 0.181. The molecule has 1 aliphatic heterocycles. The van der Waals surface area contributed by atoms with Crippen LogP contribution in [0.2, 0.25) is 0 Å². The molecular formula is C17H26N2O. The van der Waals surface area contributed by atoms with Gasteiger partial charge >= 0.3 is 0 Å². The van der Waals surface area contributed by atoms with Gasteiger partial charge in [-0.05, 0) is 42.9 Å². The Morgan fingerprint density at radius 2 is 2.10 bits per heavy atom. The molecule has 1 amide bonds. The van der Waals surface area contributed by atoms with Crippen LogP contribution in [0.5, 0.6) is 0 Å². The molecule has 20 heavy (non-hydrogen) atoms. The van der Waals surface area contributed by atoms with Crippen molar-refractivity contribution in [3.8, 4) is 0 Å². The zero-order valence-corrected chi connectivity index (χ0v) is 12.6. The monoisotopic (exact) mass is 274 g/mol. The molecule has 0 aromatic heterocycles. The van der Waals surface area contributed by atoms with Crippen molar-refractivity contribution >= 4 is 5.91 Å². The number of benzene rings is 1. The second-order valence-electron chi connectivity index (χ2n) is 5.98. The smallest absolute Gasteiger partial charge is 0.224 e. The highest BCUT2D eigenvalue weighted by Gasteiger charge is 2.21. The van der Waals surface area contributed by atoms with Crippen LogP contribution in [0.4, 0.5) is 0 Å². The summed E-state index contributed by atoms with van der Waals surface area (Å²) in [5.41, 5.74) is 2.74. The number of aryl methyl sites for hydroxylation is 1. The number of carbonyl (C=O) groups is 1. The van der Waals surface area contributed by atoms with Crippen LogP contribution in [0.3, 0.4) is 0 Å². The van der Waals surface area contributed by atoms with E-state index in [2.05, 4.69) is 48.7 Å². The van der Waals surface area contributed by atoms with E-state index in [-0.39, 0.29) is 11.8 Å². The highest BCUT2D eigenvalue weighted by Crippen LogP contribution is 2.15. The first-order valence-corrected chi connectivity index (χ1v) is 7.74. The Balaban J connectivity index is 1.66.